The van der Waals surface area contributed by atoms with Crippen molar-refractivity contribution >= 4 is 5.91 Å². The Morgan fingerprint density at radius 1 is 0.630 bits per heavy atom. The van der Waals surface area contributed by atoms with E-state index in [2.05, 4.69) is 15.5 Å². The number of piperidine rings is 1. The van der Waals surface area contributed by atoms with Crippen molar-refractivity contribution < 1.29 is 4.79 Å². The van der Waals surface area contributed by atoms with Gasteiger partial charge >= 0.3 is 0 Å². The largest absolute Gasteiger partial charge is 0.356 e. The summed E-state index contributed by atoms with van der Waals surface area (Å²) in [5.41, 5.74) is 0. The maximum atomic E-state index is 11.8. The van der Waals surface area contributed by atoms with E-state index in [1.54, 1.807) is 0 Å². The number of fused-ring (bicyclic) bond motifs is 1. The molecule has 1 unspecified atom stereocenters. The van der Waals surface area contributed by atoms with E-state index in [9.17, 15) is 4.79 Å². The molecule has 2 N–H and O–H groups in total. The third kappa shape index (κ3) is 11.1. The summed E-state index contributed by atoms with van der Waals surface area (Å²) in [4.78, 5) is 14.6. The van der Waals surface area contributed by atoms with Crippen molar-refractivity contribution in [3.8, 4) is 0 Å². The molecule has 2 aliphatic rings. The molecular weight excluding hydrogens is 334 g/mol. The summed E-state index contributed by atoms with van der Waals surface area (Å²) in [5, 5.41) is 6.61. The van der Waals surface area contributed by atoms with Crippen LogP contribution in [0.3, 0.4) is 0 Å². The average Bonchev–Trinajstić information content (AvgIpc) is 2.68. The smallest absolute Gasteiger partial charge is 0.219 e. The standard InChI is InChI=1S/C23H45N3O/c27-23-16-8-6-4-2-1-3-5-7-14-22-15-9-11-20-26(22)21-12-10-17-24-18-13-19-25-23/h22,24H,1-21H2,(H,25,27). The Balaban J connectivity index is 1.67. The lowest BCUT2D eigenvalue weighted by atomic mass is 9.96. The Labute approximate surface area is 168 Å². The molecular formula is C23H45N3O. The van der Waals surface area contributed by atoms with Crippen molar-refractivity contribution in [3.63, 3.8) is 0 Å². The highest BCUT2D eigenvalue weighted by Crippen LogP contribution is 2.22. The molecule has 0 aromatic carbocycles. The zero-order valence-electron chi connectivity index (χ0n) is 17.8. The highest BCUT2D eigenvalue weighted by molar-refractivity contribution is 5.75. The number of nitrogens with one attached hydrogen (secondary N) is 2. The van der Waals surface area contributed by atoms with E-state index in [1.807, 2.05) is 0 Å². The Morgan fingerprint density at radius 3 is 2.00 bits per heavy atom. The van der Waals surface area contributed by atoms with E-state index in [0.717, 1.165) is 38.5 Å². The molecule has 0 aromatic heterocycles. The average molecular weight is 380 g/mol. The van der Waals surface area contributed by atoms with Crippen molar-refractivity contribution in [2.45, 2.75) is 109 Å². The Bertz CT molecular complexity index is 375. The van der Waals surface area contributed by atoms with Gasteiger partial charge < -0.3 is 15.5 Å². The molecule has 2 fully saturated rings. The van der Waals surface area contributed by atoms with Crippen LogP contribution in [-0.4, -0.2) is 49.6 Å². The van der Waals surface area contributed by atoms with Crippen LogP contribution in [0.15, 0.2) is 0 Å². The molecule has 1 atom stereocenters. The van der Waals surface area contributed by atoms with Gasteiger partial charge in [-0.25, -0.2) is 0 Å². The van der Waals surface area contributed by atoms with Crippen molar-refractivity contribution in [2.24, 2.45) is 0 Å². The summed E-state index contributed by atoms with van der Waals surface area (Å²) in [5.74, 6) is 0.244. The molecule has 2 aliphatic heterocycles. The summed E-state index contributed by atoms with van der Waals surface area (Å²) < 4.78 is 0. The second-order valence-electron chi connectivity index (χ2n) is 8.71. The van der Waals surface area contributed by atoms with E-state index in [4.69, 9.17) is 0 Å². The van der Waals surface area contributed by atoms with Gasteiger partial charge in [-0.2, -0.15) is 0 Å². The molecule has 27 heavy (non-hydrogen) atoms. The summed E-state index contributed by atoms with van der Waals surface area (Å²) in [7, 11) is 0. The fourth-order valence-corrected chi connectivity index (χ4v) is 4.63. The molecule has 2 heterocycles. The number of amides is 1. The molecule has 4 heteroatoms. The lowest BCUT2D eigenvalue weighted by molar-refractivity contribution is -0.121. The van der Waals surface area contributed by atoms with Crippen molar-refractivity contribution in [2.75, 3.05) is 32.7 Å². The number of hydrogen-bond donors (Lipinski definition) is 2. The monoisotopic (exact) mass is 379 g/mol. The first-order valence-electron chi connectivity index (χ1n) is 12.1. The van der Waals surface area contributed by atoms with Crippen LogP contribution in [0.2, 0.25) is 0 Å². The van der Waals surface area contributed by atoms with Crippen LogP contribution in [0.5, 0.6) is 0 Å². The van der Waals surface area contributed by atoms with Gasteiger partial charge in [0, 0.05) is 19.0 Å². The van der Waals surface area contributed by atoms with Gasteiger partial charge in [0.15, 0.2) is 0 Å². The lowest BCUT2D eigenvalue weighted by Gasteiger charge is -2.36. The van der Waals surface area contributed by atoms with Crippen LogP contribution in [0, 0.1) is 0 Å². The van der Waals surface area contributed by atoms with E-state index < -0.39 is 0 Å². The van der Waals surface area contributed by atoms with Gasteiger partial charge in [-0.3, -0.25) is 4.79 Å². The first-order valence-corrected chi connectivity index (χ1v) is 12.1. The highest BCUT2D eigenvalue weighted by atomic mass is 16.1. The number of carbonyl (C=O) groups excluding carboxylic acids is 1. The number of hydrogen-bond acceptors (Lipinski definition) is 3. The minimum Gasteiger partial charge on any atom is -0.356 e. The van der Waals surface area contributed by atoms with Crippen LogP contribution < -0.4 is 10.6 Å². The minimum absolute atomic E-state index is 0.244. The maximum Gasteiger partial charge on any atom is 0.219 e. The summed E-state index contributed by atoms with van der Waals surface area (Å²) in [6.07, 6.45) is 20.6. The summed E-state index contributed by atoms with van der Waals surface area (Å²) >= 11 is 0. The molecule has 4 nitrogen and oxygen atoms in total. The number of rotatable bonds is 0. The molecule has 0 saturated carbocycles. The second kappa shape index (κ2) is 15.3. The molecule has 0 radical (unpaired) electrons. The van der Waals surface area contributed by atoms with Gasteiger partial charge in [-0.05, 0) is 71.1 Å². The topological polar surface area (TPSA) is 44.4 Å². The van der Waals surface area contributed by atoms with Crippen LogP contribution in [0.25, 0.3) is 0 Å². The molecule has 158 valence electrons. The van der Waals surface area contributed by atoms with Gasteiger partial charge in [0.1, 0.15) is 0 Å². The lowest BCUT2D eigenvalue weighted by Crippen LogP contribution is -2.40. The summed E-state index contributed by atoms with van der Waals surface area (Å²) in [6, 6.07) is 0.869. The zero-order valence-corrected chi connectivity index (χ0v) is 17.8. The van der Waals surface area contributed by atoms with Crippen LogP contribution in [-0.2, 0) is 4.79 Å². The molecule has 0 spiro atoms. The maximum absolute atomic E-state index is 11.8. The minimum atomic E-state index is 0.244. The Kier molecular flexibility index (Phi) is 12.9. The molecule has 2 rings (SSSR count). The molecule has 2 saturated heterocycles. The fraction of sp³-hybridized carbons (Fsp3) is 0.957. The van der Waals surface area contributed by atoms with Gasteiger partial charge in [-0.1, -0.05) is 51.4 Å². The predicted molar refractivity (Wildman–Crippen MR) is 115 cm³/mol. The normalized spacial score (nSPS) is 27.6. The molecule has 0 aliphatic carbocycles. The zero-order chi connectivity index (χ0) is 19.0. The molecule has 1 amide bonds. The Hall–Kier alpha value is -0.610. The van der Waals surface area contributed by atoms with E-state index >= 15 is 0 Å². The first kappa shape index (κ1) is 22.7. The number of nitrogens with zero attached hydrogens (tertiary/aromatic N) is 1. The number of carbonyl (C=O) groups is 1. The molecule has 0 bridgehead atoms. The quantitative estimate of drug-likeness (QED) is 0.645. The van der Waals surface area contributed by atoms with Gasteiger partial charge in [0.25, 0.3) is 0 Å². The third-order valence-corrected chi connectivity index (χ3v) is 6.34. The van der Waals surface area contributed by atoms with Gasteiger partial charge in [0.05, 0.1) is 0 Å². The van der Waals surface area contributed by atoms with Gasteiger partial charge in [-0.15, -0.1) is 0 Å². The van der Waals surface area contributed by atoms with Gasteiger partial charge in [0.2, 0.25) is 5.91 Å². The van der Waals surface area contributed by atoms with E-state index in [-0.39, 0.29) is 5.91 Å². The highest BCUT2D eigenvalue weighted by Gasteiger charge is 2.21. The fourth-order valence-electron chi connectivity index (χ4n) is 4.63. The van der Waals surface area contributed by atoms with Crippen LogP contribution in [0.1, 0.15) is 103 Å². The van der Waals surface area contributed by atoms with E-state index in [0.29, 0.717) is 6.42 Å². The van der Waals surface area contributed by atoms with Crippen molar-refractivity contribution in [1.29, 1.82) is 0 Å². The van der Waals surface area contributed by atoms with Crippen LogP contribution in [0.4, 0.5) is 0 Å². The predicted octanol–water partition coefficient (Wildman–Crippen LogP) is 4.63. The SMILES string of the molecule is O=C1CCCCCCCCCCC2CCCCN2CCCCNCCCN1. The van der Waals surface area contributed by atoms with E-state index in [1.165, 1.54) is 96.6 Å². The Morgan fingerprint density at radius 2 is 1.22 bits per heavy atom. The van der Waals surface area contributed by atoms with Crippen molar-refractivity contribution in [1.82, 2.24) is 15.5 Å². The first-order chi connectivity index (χ1) is 13.4. The molecule has 0 aromatic rings. The third-order valence-electron chi connectivity index (χ3n) is 6.34. The van der Waals surface area contributed by atoms with Crippen LogP contribution >= 0.6 is 0 Å². The van der Waals surface area contributed by atoms with Crippen molar-refractivity contribution in [3.05, 3.63) is 0 Å². The summed E-state index contributed by atoms with van der Waals surface area (Å²) in [6.45, 7) is 5.58. The second-order valence-corrected chi connectivity index (χ2v) is 8.71.